The number of hydrogen-bond donors (Lipinski definition) is 1. The summed E-state index contributed by atoms with van der Waals surface area (Å²) in [6.07, 6.45) is 3.78. The highest BCUT2D eigenvalue weighted by atomic mass is 16.4. The Morgan fingerprint density at radius 1 is 1.50 bits per heavy atom. The number of benzene rings is 1. The molecule has 0 unspecified atom stereocenters. The molecule has 0 heterocycles. The SMILES string of the molecule is CCc1cccc(C=CC(=O)O)c1C. The Kier molecular flexibility index (Phi) is 3.46. The van der Waals surface area contributed by atoms with Gasteiger partial charge in [0, 0.05) is 6.08 Å². The molecule has 0 saturated heterocycles. The maximum absolute atomic E-state index is 10.4. The maximum atomic E-state index is 10.4. The average Bonchev–Trinajstić information content (AvgIpc) is 2.16. The molecule has 1 rings (SSSR count). The van der Waals surface area contributed by atoms with Crippen molar-refractivity contribution in [1.82, 2.24) is 0 Å². The minimum absolute atomic E-state index is 0.911. The van der Waals surface area contributed by atoms with Crippen molar-refractivity contribution in [2.24, 2.45) is 0 Å². The predicted octanol–water partition coefficient (Wildman–Crippen LogP) is 2.66. The first-order valence-corrected chi connectivity index (χ1v) is 4.64. The fourth-order valence-corrected chi connectivity index (χ4v) is 1.43. The molecular formula is C12H14O2. The molecule has 0 aromatic heterocycles. The van der Waals surface area contributed by atoms with Gasteiger partial charge < -0.3 is 5.11 Å². The van der Waals surface area contributed by atoms with Gasteiger partial charge in [0.2, 0.25) is 0 Å². The van der Waals surface area contributed by atoms with E-state index in [-0.39, 0.29) is 0 Å². The smallest absolute Gasteiger partial charge is 0.328 e. The van der Waals surface area contributed by atoms with Crippen LogP contribution in [0.5, 0.6) is 0 Å². The molecule has 0 saturated carbocycles. The summed E-state index contributed by atoms with van der Waals surface area (Å²) < 4.78 is 0. The second-order valence-electron chi connectivity index (χ2n) is 3.16. The lowest BCUT2D eigenvalue weighted by Crippen LogP contribution is -1.91. The van der Waals surface area contributed by atoms with E-state index in [0.717, 1.165) is 17.5 Å². The van der Waals surface area contributed by atoms with Gasteiger partial charge in [0.1, 0.15) is 0 Å². The zero-order chi connectivity index (χ0) is 10.6. The molecule has 0 radical (unpaired) electrons. The van der Waals surface area contributed by atoms with Crippen LogP contribution in [0.2, 0.25) is 0 Å². The molecule has 0 aliphatic heterocycles. The molecule has 1 N–H and O–H groups in total. The van der Waals surface area contributed by atoms with E-state index < -0.39 is 5.97 Å². The monoisotopic (exact) mass is 190 g/mol. The topological polar surface area (TPSA) is 37.3 Å². The Balaban J connectivity index is 3.03. The molecule has 2 heteroatoms. The second-order valence-corrected chi connectivity index (χ2v) is 3.16. The largest absolute Gasteiger partial charge is 0.478 e. The van der Waals surface area contributed by atoms with E-state index in [1.807, 2.05) is 19.1 Å². The van der Waals surface area contributed by atoms with Crippen molar-refractivity contribution >= 4 is 12.0 Å². The minimum Gasteiger partial charge on any atom is -0.478 e. The molecule has 0 aliphatic rings. The van der Waals surface area contributed by atoms with Gasteiger partial charge in [0.05, 0.1) is 0 Å². The van der Waals surface area contributed by atoms with Gasteiger partial charge in [-0.25, -0.2) is 4.79 Å². The Hall–Kier alpha value is -1.57. The number of aliphatic carboxylic acids is 1. The highest BCUT2D eigenvalue weighted by Crippen LogP contribution is 2.15. The number of hydrogen-bond acceptors (Lipinski definition) is 1. The molecule has 0 aliphatic carbocycles. The van der Waals surface area contributed by atoms with Gasteiger partial charge in [-0.3, -0.25) is 0 Å². The quantitative estimate of drug-likeness (QED) is 0.744. The van der Waals surface area contributed by atoms with Gasteiger partial charge in [-0.2, -0.15) is 0 Å². The van der Waals surface area contributed by atoms with Crippen LogP contribution in [0.15, 0.2) is 24.3 Å². The average molecular weight is 190 g/mol. The molecule has 0 atom stereocenters. The normalized spacial score (nSPS) is 10.7. The van der Waals surface area contributed by atoms with Gasteiger partial charge in [0.25, 0.3) is 0 Å². The predicted molar refractivity (Wildman–Crippen MR) is 57.2 cm³/mol. The first kappa shape index (κ1) is 10.5. The Morgan fingerprint density at radius 3 is 2.79 bits per heavy atom. The van der Waals surface area contributed by atoms with Gasteiger partial charge >= 0.3 is 5.97 Å². The zero-order valence-electron chi connectivity index (χ0n) is 8.45. The van der Waals surface area contributed by atoms with E-state index >= 15 is 0 Å². The summed E-state index contributed by atoms with van der Waals surface area (Å²) in [4.78, 5) is 10.4. The summed E-state index contributed by atoms with van der Waals surface area (Å²) in [5, 5.41) is 8.51. The highest BCUT2D eigenvalue weighted by molar-refractivity contribution is 5.85. The molecule has 14 heavy (non-hydrogen) atoms. The molecule has 1 aromatic rings. The third kappa shape index (κ3) is 2.46. The third-order valence-electron chi connectivity index (χ3n) is 2.27. The van der Waals surface area contributed by atoms with Crippen LogP contribution in [0, 0.1) is 6.92 Å². The molecule has 0 bridgehead atoms. The van der Waals surface area contributed by atoms with Crippen LogP contribution in [-0.4, -0.2) is 11.1 Å². The van der Waals surface area contributed by atoms with E-state index in [1.54, 1.807) is 6.08 Å². The lowest BCUT2D eigenvalue weighted by Gasteiger charge is -2.05. The molecule has 1 aromatic carbocycles. The zero-order valence-corrected chi connectivity index (χ0v) is 8.45. The van der Waals surface area contributed by atoms with Gasteiger partial charge in [0.15, 0.2) is 0 Å². The van der Waals surface area contributed by atoms with E-state index in [4.69, 9.17) is 5.11 Å². The van der Waals surface area contributed by atoms with E-state index in [9.17, 15) is 4.79 Å². The van der Waals surface area contributed by atoms with Crippen LogP contribution in [-0.2, 0) is 11.2 Å². The fourth-order valence-electron chi connectivity index (χ4n) is 1.43. The molecular weight excluding hydrogens is 176 g/mol. The Bertz CT molecular complexity index is 365. The number of aryl methyl sites for hydroxylation is 1. The van der Waals surface area contributed by atoms with Crippen LogP contribution in [0.25, 0.3) is 6.08 Å². The standard InChI is InChI=1S/C12H14O2/c1-3-10-5-4-6-11(9(10)2)7-8-12(13)14/h4-8H,3H2,1-2H3,(H,13,14). The van der Waals surface area contributed by atoms with Crippen molar-refractivity contribution in [2.75, 3.05) is 0 Å². The van der Waals surface area contributed by atoms with Gasteiger partial charge in [-0.1, -0.05) is 25.1 Å². The van der Waals surface area contributed by atoms with E-state index in [1.165, 1.54) is 11.6 Å². The molecule has 0 spiro atoms. The molecule has 0 amide bonds. The number of carbonyl (C=O) groups is 1. The summed E-state index contributed by atoms with van der Waals surface area (Å²) in [5.74, 6) is -0.911. The van der Waals surface area contributed by atoms with Crippen LogP contribution < -0.4 is 0 Å². The lowest BCUT2D eigenvalue weighted by atomic mass is 10.0. The van der Waals surface area contributed by atoms with Gasteiger partial charge in [-0.05, 0) is 36.1 Å². The third-order valence-corrected chi connectivity index (χ3v) is 2.27. The van der Waals surface area contributed by atoms with Crippen molar-refractivity contribution in [3.63, 3.8) is 0 Å². The summed E-state index contributed by atoms with van der Waals surface area (Å²) in [6, 6.07) is 5.94. The van der Waals surface area contributed by atoms with Crippen LogP contribution in [0.1, 0.15) is 23.6 Å². The summed E-state index contributed by atoms with van der Waals surface area (Å²) in [5.41, 5.74) is 3.40. The number of carboxylic acids is 1. The van der Waals surface area contributed by atoms with Crippen molar-refractivity contribution in [3.05, 3.63) is 41.0 Å². The van der Waals surface area contributed by atoms with Crippen molar-refractivity contribution in [3.8, 4) is 0 Å². The second kappa shape index (κ2) is 4.61. The highest BCUT2D eigenvalue weighted by Gasteiger charge is 1.99. The Morgan fingerprint density at radius 2 is 2.21 bits per heavy atom. The maximum Gasteiger partial charge on any atom is 0.328 e. The van der Waals surface area contributed by atoms with Crippen molar-refractivity contribution in [1.29, 1.82) is 0 Å². The summed E-state index contributed by atoms with van der Waals surface area (Å²) in [7, 11) is 0. The van der Waals surface area contributed by atoms with Crippen molar-refractivity contribution < 1.29 is 9.90 Å². The van der Waals surface area contributed by atoms with E-state index in [0.29, 0.717) is 0 Å². The molecule has 2 nitrogen and oxygen atoms in total. The first-order chi connectivity index (χ1) is 6.65. The van der Waals surface area contributed by atoms with Crippen LogP contribution >= 0.6 is 0 Å². The Labute approximate surface area is 83.9 Å². The minimum atomic E-state index is -0.911. The van der Waals surface area contributed by atoms with Crippen molar-refractivity contribution in [2.45, 2.75) is 20.3 Å². The molecule has 74 valence electrons. The van der Waals surface area contributed by atoms with Crippen LogP contribution in [0.3, 0.4) is 0 Å². The number of rotatable bonds is 3. The lowest BCUT2D eigenvalue weighted by molar-refractivity contribution is -0.131. The fraction of sp³-hybridized carbons (Fsp3) is 0.250. The van der Waals surface area contributed by atoms with Gasteiger partial charge in [-0.15, -0.1) is 0 Å². The van der Waals surface area contributed by atoms with Crippen LogP contribution in [0.4, 0.5) is 0 Å². The number of carboxylic acid groups (broad SMARTS) is 1. The first-order valence-electron chi connectivity index (χ1n) is 4.64. The summed E-state index contributed by atoms with van der Waals surface area (Å²) >= 11 is 0. The summed E-state index contributed by atoms with van der Waals surface area (Å²) in [6.45, 7) is 4.10. The molecule has 0 fully saturated rings. The van der Waals surface area contributed by atoms with E-state index in [2.05, 4.69) is 13.0 Å².